The molecule has 0 radical (unpaired) electrons. The van der Waals surface area contributed by atoms with Crippen molar-refractivity contribution in [2.45, 2.75) is 4.90 Å². The van der Waals surface area contributed by atoms with Gasteiger partial charge in [0.05, 0.1) is 12.1 Å². The van der Waals surface area contributed by atoms with Gasteiger partial charge in [0, 0.05) is 10.8 Å². The zero-order chi connectivity index (χ0) is 18.9. The Morgan fingerprint density at radius 3 is 2.00 bits per heavy atom. The smallest absolute Gasteiger partial charge is 0.179 e. The van der Waals surface area contributed by atoms with Gasteiger partial charge in [-0.25, -0.2) is 0 Å². The van der Waals surface area contributed by atoms with Gasteiger partial charge >= 0.3 is 0 Å². The molecule has 2 aliphatic rings. The van der Waals surface area contributed by atoms with Crippen LogP contribution in [-0.4, -0.2) is 0 Å². The highest BCUT2D eigenvalue weighted by atomic mass is 32.1. The van der Waals surface area contributed by atoms with E-state index in [0.717, 1.165) is 32.7 Å². The Hall–Kier alpha value is -3.27. The number of hydrogen-bond donors (Lipinski definition) is 1. The van der Waals surface area contributed by atoms with E-state index >= 15 is 0 Å². The van der Waals surface area contributed by atoms with Crippen LogP contribution < -0.4 is 0 Å². The van der Waals surface area contributed by atoms with Crippen molar-refractivity contribution in [1.29, 1.82) is 10.5 Å². The SMILES string of the molecule is N#CC1(C#N)C(c2ccc(-c3ccc(S)cc3)cc2)=CC2=CC=CC=CC21. The van der Waals surface area contributed by atoms with E-state index in [-0.39, 0.29) is 5.92 Å². The third-order valence-electron chi connectivity index (χ3n) is 5.13. The third kappa shape index (κ3) is 2.83. The van der Waals surface area contributed by atoms with Crippen LogP contribution in [-0.2, 0) is 0 Å². The lowest BCUT2D eigenvalue weighted by molar-refractivity contribution is 0.578. The molecule has 0 amide bonds. The molecule has 0 bridgehead atoms. The van der Waals surface area contributed by atoms with Gasteiger partial charge in [-0.05, 0) is 40.0 Å². The summed E-state index contributed by atoms with van der Waals surface area (Å²) in [5.74, 6) is -0.250. The maximum absolute atomic E-state index is 9.94. The van der Waals surface area contributed by atoms with Crippen molar-refractivity contribution < 1.29 is 0 Å². The minimum absolute atomic E-state index is 0.250. The molecule has 0 spiro atoms. The average molecular weight is 364 g/mol. The summed E-state index contributed by atoms with van der Waals surface area (Å²) in [5, 5.41) is 19.9. The fourth-order valence-corrected chi connectivity index (χ4v) is 3.84. The molecule has 2 nitrogen and oxygen atoms in total. The highest BCUT2D eigenvalue weighted by molar-refractivity contribution is 7.80. The van der Waals surface area contributed by atoms with Crippen LogP contribution in [0.5, 0.6) is 0 Å². The van der Waals surface area contributed by atoms with E-state index in [2.05, 4.69) is 24.8 Å². The van der Waals surface area contributed by atoms with Crippen molar-refractivity contribution in [2.75, 3.05) is 0 Å². The summed E-state index contributed by atoms with van der Waals surface area (Å²) < 4.78 is 0. The molecule has 2 aromatic carbocycles. The van der Waals surface area contributed by atoms with E-state index in [1.807, 2.05) is 85.0 Å². The monoisotopic (exact) mass is 364 g/mol. The van der Waals surface area contributed by atoms with Crippen molar-refractivity contribution in [2.24, 2.45) is 11.3 Å². The van der Waals surface area contributed by atoms with Gasteiger partial charge < -0.3 is 0 Å². The molecule has 4 rings (SSSR count). The van der Waals surface area contributed by atoms with Gasteiger partial charge in [-0.15, -0.1) is 12.6 Å². The van der Waals surface area contributed by atoms with Crippen LogP contribution >= 0.6 is 12.6 Å². The van der Waals surface area contributed by atoms with Crippen LogP contribution in [0.2, 0.25) is 0 Å². The molecule has 0 fully saturated rings. The predicted octanol–water partition coefficient (Wildman–Crippen LogP) is 5.74. The largest absolute Gasteiger partial charge is 0.196 e. The number of hydrogen-bond acceptors (Lipinski definition) is 3. The minimum atomic E-state index is -1.20. The molecule has 0 N–H and O–H groups in total. The van der Waals surface area contributed by atoms with E-state index in [1.54, 1.807) is 0 Å². The molecule has 3 heteroatoms. The second-order valence-electron chi connectivity index (χ2n) is 6.63. The Kier molecular flexibility index (Phi) is 4.32. The van der Waals surface area contributed by atoms with Crippen LogP contribution in [0.15, 0.2) is 95.5 Å². The van der Waals surface area contributed by atoms with Gasteiger partial charge in [0.1, 0.15) is 0 Å². The number of allylic oxidation sites excluding steroid dienone is 8. The molecular weight excluding hydrogens is 348 g/mol. The van der Waals surface area contributed by atoms with Gasteiger partial charge in [0.2, 0.25) is 0 Å². The third-order valence-corrected chi connectivity index (χ3v) is 5.42. The Bertz CT molecular complexity index is 1070. The van der Waals surface area contributed by atoms with Crippen LogP contribution in [0.3, 0.4) is 0 Å². The quantitative estimate of drug-likeness (QED) is 0.691. The van der Waals surface area contributed by atoms with E-state index in [4.69, 9.17) is 0 Å². The summed E-state index contributed by atoms with van der Waals surface area (Å²) in [4.78, 5) is 0.924. The summed E-state index contributed by atoms with van der Waals surface area (Å²) in [6.07, 6.45) is 11.7. The molecule has 0 heterocycles. The van der Waals surface area contributed by atoms with E-state index in [1.165, 1.54) is 0 Å². The van der Waals surface area contributed by atoms with Gasteiger partial charge in [-0.2, -0.15) is 10.5 Å². The first kappa shape index (κ1) is 17.2. The number of nitriles is 2. The predicted molar refractivity (Wildman–Crippen MR) is 111 cm³/mol. The molecule has 27 heavy (non-hydrogen) atoms. The molecule has 1 unspecified atom stereocenters. The lowest BCUT2D eigenvalue weighted by atomic mass is 9.73. The molecule has 1 atom stereocenters. The molecule has 0 aromatic heterocycles. The van der Waals surface area contributed by atoms with E-state index in [9.17, 15) is 10.5 Å². The second kappa shape index (κ2) is 6.80. The molecule has 0 saturated heterocycles. The lowest BCUT2D eigenvalue weighted by Crippen LogP contribution is -2.24. The Morgan fingerprint density at radius 2 is 1.37 bits per heavy atom. The van der Waals surface area contributed by atoms with Crippen LogP contribution in [0.4, 0.5) is 0 Å². The van der Waals surface area contributed by atoms with Crippen molar-refractivity contribution in [3.8, 4) is 23.3 Å². The maximum atomic E-state index is 9.94. The molecule has 2 aliphatic carbocycles. The van der Waals surface area contributed by atoms with Crippen molar-refractivity contribution in [1.82, 2.24) is 0 Å². The summed E-state index contributed by atoms with van der Waals surface area (Å²) in [6.45, 7) is 0. The molecule has 2 aromatic rings. The molecular formula is C24H16N2S. The standard InChI is InChI=1S/C24H16N2S/c25-15-24(16-26)22-5-3-1-2-4-20(22)14-23(24)19-8-6-17(7-9-19)18-10-12-21(27)13-11-18/h1-14,22,27H. The summed E-state index contributed by atoms with van der Waals surface area (Å²) in [6, 6.07) is 20.6. The van der Waals surface area contributed by atoms with Crippen molar-refractivity contribution >= 4 is 18.2 Å². The van der Waals surface area contributed by atoms with E-state index in [0.29, 0.717) is 0 Å². The fraction of sp³-hybridized carbons (Fsp3) is 0.0833. The van der Waals surface area contributed by atoms with Crippen LogP contribution in [0.1, 0.15) is 5.56 Å². The lowest BCUT2D eigenvalue weighted by Gasteiger charge is -2.23. The summed E-state index contributed by atoms with van der Waals surface area (Å²) in [7, 11) is 0. The fourth-order valence-electron chi connectivity index (χ4n) is 3.69. The maximum Gasteiger partial charge on any atom is 0.179 e. The highest BCUT2D eigenvalue weighted by Crippen LogP contribution is 2.51. The molecule has 0 aliphatic heterocycles. The Labute approximate surface area is 164 Å². The minimum Gasteiger partial charge on any atom is -0.196 e. The van der Waals surface area contributed by atoms with Gasteiger partial charge in [-0.3, -0.25) is 0 Å². The summed E-state index contributed by atoms with van der Waals surface area (Å²) >= 11 is 4.32. The Morgan fingerprint density at radius 1 is 0.778 bits per heavy atom. The normalized spacial score (nSPS) is 19.3. The zero-order valence-corrected chi connectivity index (χ0v) is 15.4. The first-order valence-electron chi connectivity index (χ1n) is 8.67. The molecule has 0 saturated carbocycles. The first-order valence-corrected chi connectivity index (χ1v) is 9.12. The van der Waals surface area contributed by atoms with Crippen molar-refractivity contribution in [3.63, 3.8) is 0 Å². The Balaban J connectivity index is 1.77. The van der Waals surface area contributed by atoms with Gasteiger partial charge in [0.15, 0.2) is 5.41 Å². The highest BCUT2D eigenvalue weighted by Gasteiger charge is 2.48. The number of rotatable bonds is 2. The number of nitrogens with zero attached hydrogens (tertiary/aromatic N) is 2. The average Bonchev–Trinajstić information content (AvgIpc) is 2.84. The molecule has 128 valence electrons. The van der Waals surface area contributed by atoms with Gasteiger partial charge in [-0.1, -0.05) is 72.9 Å². The van der Waals surface area contributed by atoms with Crippen LogP contribution in [0.25, 0.3) is 16.7 Å². The number of benzene rings is 2. The summed E-state index contributed by atoms with van der Waals surface area (Å²) in [5.41, 5.74) is 3.64. The second-order valence-corrected chi connectivity index (χ2v) is 7.14. The van der Waals surface area contributed by atoms with Crippen molar-refractivity contribution in [3.05, 3.63) is 96.1 Å². The first-order chi connectivity index (χ1) is 13.2. The van der Waals surface area contributed by atoms with Gasteiger partial charge in [0.25, 0.3) is 0 Å². The topological polar surface area (TPSA) is 47.6 Å². The zero-order valence-electron chi connectivity index (χ0n) is 14.5. The van der Waals surface area contributed by atoms with Crippen LogP contribution in [0, 0.1) is 34.0 Å². The van der Waals surface area contributed by atoms with E-state index < -0.39 is 5.41 Å². The number of fused-ring (bicyclic) bond motifs is 1. The number of thiol groups is 1.